The molecule has 2 N–H and O–H groups in total. The lowest BCUT2D eigenvalue weighted by Gasteiger charge is -2.43. The average molecular weight is 628 g/mol. The third kappa shape index (κ3) is 4.08. The quantitative estimate of drug-likeness (QED) is 0.223. The molecule has 7 rings (SSSR count). The second-order valence-corrected chi connectivity index (χ2v) is 13.6. The number of thiazole rings is 1. The van der Waals surface area contributed by atoms with Crippen molar-refractivity contribution in [2.45, 2.75) is 29.2 Å². The summed E-state index contributed by atoms with van der Waals surface area (Å²) in [7, 11) is 0. The lowest BCUT2D eigenvalue weighted by atomic mass is 9.68. The largest absolute Gasteiger partial charge is 0.489 e. The zero-order chi connectivity index (χ0) is 29.4. The van der Waals surface area contributed by atoms with Crippen LogP contribution in [0.4, 0.5) is 5.69 Å². The van der Waals surface area contributed by atoms with Crippen LogP contribution >= 0.6 is 34.7 Å². The number of aromatic nitrogens is 1. The third-order valence-electron chi connectivity index (χ3n) is 8.99. The van der Waals surface area contributed by atoms with Crippen molar-refractivity contribution in [2.24, 2.45) is 29.6 Å². The molecule has 0 unspecified atom stereocenters. The molecule has 2 aromatic carbocycles. The van der Waals surface area contributed by atoms with Crippen LogP contribution in [0.15, 0.2) is 52.3 Å². The molecule has 3 heterocycles. The van der Waals surface area contributed by atoms with Gasteiger partial charge in [0.1, 0.15) is 18.9 Å². The highest BCUT2D eigenvalue weighted by atomic mass is 35.5. The van der Waals surface area contributed by atoms with E-state index in [0.717, 1.165) is 21.8 Å². The molecule has 1 saturated heterocycles. The maximum atomic E-state index is 13.4. The number of thioether (sulfide) groups is 1. The molecule has 0 spiro atoms. The number of rotatable bonds is 7. The van der Waals surface area contributed by atoms with Gasteiger partial charge in [-0.3, -0.25) is 34.2 Å². The number of carboxylic acid groups (broad SMARTS) is 1. The van der Waals surface area contributed by atoms with E-state index in [9.17, 15) is 34.4 Å². The van der Waals surface area contributed by atoms with Crippen LogP contribution in [-0.2, 0) is 21.0 Å². The van der Waals surface area contributed by atoms with Crippen molar-refractivity contribution in [1.29, 1.82) is 0 Å². The Hall–Kier alpha value is -3.68. The minimum Gasteiger partial charge on any atom is -0.489 e. The fourth-order valence-electron chi connectivity index (χ4n) is 7.51. The summed E-state index contributed by atoms with van der Waals surface area (Å²) in [5.74, 6) is -4.36. The number of likely N-dealkylation sites (tertiary alicyclic amines) is 1. The Kier molecular flexibility index (Phi) is 6.44. The predicted octanol–water partition coefficient (Wildman–Crippen LogP) is 4.13. The molecule has 7 atom stereocenters. The van der Waals surface area contributed by atoms with Crippen LogP contribution in [0.25, 0.3) is 0 Å². The Labute approximate surface area is 251 Å². The highest BCUT2D eigenvalue weighted by Crippen LogP contribution is 2.69. The molecule has 2 amide bonds. The monoisotopic (exact) mass is 627 g/mol. The Bertz CT molecular complexity index is 1740. The fraction of sp³-hybridized carbons (Fsp3) is 0.357. The first kappa shape index (κ1) is 27.2. The van der Waals surface area contributed by atoms with Crippen LogP contribution in [0, 0.1) is 39.7 Å². The molecule has 1 aromatic heterocycles. The molecule has 216 valence electrons. The first-order chi connectivity index (χ1) is 20.1. The van der Waals surface area contributed by atoms with Crippen molar-refractivity contribution in [3.8, 4) is 5.75 Å². The zero-order valence-electron chi connectivity index (χ0n) is 21.6. The van der Waals surface area contributed by atoms with Gasteiger partial charge in [0.25, 0.3) is 5.69 Å². The number of aromatic amines is 1. The predicted molar refractivity (Wildman–Crippen MR) is 152 cm³/mol. The second-order valence-electron chi connectivity index (χ2n) is 11.0. The lowest BCUT2D eigenvalue weighted by Crippen LogP contribution is -2.42. The number of carboxylic acids is 1. The molecule has 3 fully saturated rings. The topological polar surface area (TPSA) is 160 Å². The van der Waals surface area contributed by atoms with Crippen molar-refractivity contribution in [2.75, 3.05) is 6.54 Å². The highest BCUT2D eigenvalue weighted by molar-refractivity contribution is 8.00. The minimum absolute atomic E-state index is 0.101. The van der Waals surface area contributed by atoms with E-state index in [2.05, 4.69) is 4.98 Å². The third-order valence-corrected chi connectivity index (χ3v) is 11.9. The van der Waals surface area contributed by atoms with Gasteiger partial charge in [-0.2, -0.15) is 0 Å². The highest BCUT2D eigenvalue weighted by Gasteiger charge is 2.69. The van der Waals surface area contributed by atoms with Gasteiger partial charge in [-0.1, -0.05) is 41.1 Å². The number of hydrogen-bond acceptors (Lipinski definition) is 9. The molecule has 2 aliphatic heterocycles. The summed E-state index contributed by atoms with van der Waals surface area (Å²) in [5, 5.41) is 22.2. The maximum Gasteiger partial charge on any atom is 0.323 e. The van der Waals surface area contributed by atoms with E-state index in [-0.39, 0.29) is 40.2 Å². The number of aliphatic carboxylic acids is 1. The summed E-state index contributed by atoms with van der Waals surface area (Å²) in [6.07, 6.45) is 0.594. The van der Waals surface area contributed by atoms with E-state index in [1.165, 1.54) is 23.9 Å². The van der Waals surface area contributed by atoms with E-state index in [0.29, 0.717) is 32.7 Å². The molecule has 3 aromatic rings. The molecule has 42 heavy (non-hydrogen) atoms. The number of H-pyrrole nitrogens is 1. The van der Waals surface area contributed by atoms with Crippen LogP contribution in [0.1, 0.15) is 28.3 Å². The van der Waals surface area contributed by atoms with Crippen LogP contribution in [0.2, 0.25) is 5.02 Å². The molecule has 0 radical (unpaired) electrons. The van der Waals surface area contributed by atoms with Gasteiger partial charge in [0.2, 0.25) is 11.8 Å². The smallest absolute Gasteiger partial charge is 0.323 e. The molecule has 2 aliphatic carbocycles. The number of halogens is 1. The normalized spacial score (nSPS) is 28.9. The van der Waals surface area contributed by atoms with Gasteiger partial charge in [0.15, 0.2) is 0 Å². The Morgan fingerprint density at radius 1 is 1.14 bits per heavy atom. The number of nitro groups is 1. The van der Waals surface area contributed by atoms with E-state index < -0.39 is 47.0 Å². The lowest BCUT2D eigenvalue weighted by molar-refractivity contribution is -0.385. The summed E-state index contributed by atoms with van der Waals surface area (Å²) < 4.78 is 6.24. The number of non-ortho nitro benzene ring substituents is 1. The SMILES string of the molecule is O=C(O)CN1C(=O)[C@@H]2[C@H]3C[C@@H]([C@@H]4Sc5[nH]c(=O)sc5[C@H](c5cc([N+](=O)[O-])ccc5OCc5ccccc5Cl)[C@@H]34)[C@H]2C1=O. The number of nitro benzene ring substituents is 1. The van der Waals surface area contributed by atoms with Crippen LogP contribution in [0.5, 0.6) is 5.75 Å². The number of imide groups is 1. The van der Waals surface area contributed by atoms with Crippen LogP contribution in [-0.4, -0.2) is 49.5 Å². The number of carbonyl (C=O) groups excluding carboxylic acids is 2. The van der Waals surface area contributed by atoms with Crippen molar-refractivity contribution >= 4 is 58.2 Å². The van der Waals surface area contributed by atoms with Gasteiger partial charge in [-0.15, -0.1) is 11.8 Å². The number of hydrogen-bond donors (Lipinski definition) is 2. The summed E-state index contributed by atoms with van der Waals surface area (Å²) in [6, 6.07) is 11.6. The van der Waals surface area contributed by atoms with Crippen LogP contribution in [0.3, 0.4) is 0 Å². The van der Waals surface area contributed by atoms with Gasteiger partial charge >= 0.3 is 10.8 Å². The Morgan fingerprint density at radius 3 is 2.60 bits per heavy atom. The average Bonchev–Trinajstić information content (AvgIpc) is 3.68. The Morgan fingerprint density at radius 2 is 1.88 bits per heavy atom. The summed E-state index contributed by atoms with van der Waals surface area (Å²) in [6.45, 7) is -0.578. The molecule has 4 aliphatic rings. The number of nitrogens with zero attached hydrogens (tertiary/aromatic N) is 2. The molecule has 11 nitrogen and oxygen atoms in total. The number of carbonyl (C=O) groups is 3. The van der Waals surface area contributed by atoms with Crippen molar-refractivity contribution < 1.29 is 29.2 Å². The number of amides is 2. The molecular weight excluding hydrogens is 606 g/mol. The first-order valence-corrected chi connectivity index (χ1v) is 15.3. The second kappa shape index (κ2) is 9.96. The van der Waals surface area contributed by atoms with E-state index in [4.69, 9.17) is 16.3 Å². The molecule has 2 bridgehead atoms. The van der Waals surface area contributed by atoms with Gasteiger partial charge < -0.3 is 14.8 Å². The molecule has 14 heteroatoms. The van der Waals surface area contributed by atoms with E-state index >= 15 is 0 Å². The fourth-order valence-corrected chi connectivity index (χ4v) is 10.6. The number of ether oxygens (including phenoxy) is 1. The molecular formula is C28H22ClN3O8S2. The van der Waals surface area contributed by atoms with Crippen LogP contribution < -0.4 is 9.61 Å². The van der Waals surface area contributed by atoms with Gasteiger partial charge in [-0.05, 0) is 36.3 Å². The summed E-state index contributed by atoms with van der Waals surface area (Å²) in [4.78, 5) is 66.4. The van der Waals surface area contributed by atoms with Gasteiger partial charge in [-0.25, -0.2) is 0 Å². The first-order valence-electron chi connectivity index (χ1n) is 13.2. The standard InChI is InChI=1S/C28H22ClN3O8S2/c29-16-4-2-1-3-11(16)10-40-17-6-5-12(32(38)39)7-13(17)19-20-14-8-15(23(20)41-25-24(19)42-28(37)30-25)22-21(14)26(35)31(27(22)36)9-18(33)34/h1-7,14-15,19-23H,8-10H2,(H,30,37)(H,33,34)/t14-,15+,19+,20+,21+,22+,23-/m0/s1. The van der Waals surface area contributed by atoms with Crippen molar-refractivity contribution in [1.82, 2.24) is 9.88 Å². The number of fused-ring (bicyclic) bond motifs is 9. The van der Waals surface area contributed by atoms with Gasteiger partial charge in [0, 0.05) is 44.3 Å². The number of benzene rings is 2. The van der Waals surface area contributed by atoms with Crippen molar-refractivity contribution in [3.05, 3.63) is 83.3 Å². The van der Waals surface area contributed by atoms with E-state index in [1.807, 2.05) is 12.1 Å². The molecule has 2 saturated carbocycles. The minimum atomic E-state index is -1.26. The summed E-state index contributed by atoms with van der Waals surface area (Å²) >= 11 is 8.84. The summed E-state index contributed by atoms with van der Waals surface area (Å²) in [5.41, 5.74) is 1.10. The zero-order valence-corrected chi connectivity index (χ0v) is 24.0. The van der Waals surface area contributed by atoms with E-state index in [1.54, 1.807) is 18.2 Å². The van der Waals surface area contributed by atoms with Gasteiger partial charge in [0.05, 0.1) is 21.8 Å². The maximum absolute atomic E-state index is 13.4. The van der Waals surface area contributed by atoms with Crippen molar-refractivity contribution in [3.63, 3.8) is 0 Å². The Balaban J connectivity index is 1.33. The number of nitrogens with one attached hydrogen (secondary N) is 1.